The summed E-state index contributed by atoms with van der Waals surface area (Å²) in [6.45, 7) is 2.10. The third-order valence-electron chi connectivity index (χ3n) is 4.72. The highest BCUT2D eigenvalue weighted by Gasteiger charge is 2.15. The van der Waals surface area contributed by atoms with Crippen LogP contribution in [0.1, 0.15) is 12.5 Å². The topological polar surface area (TPSA) is 86.3 Å². The van der Waals surface area contributed by atoms with Crippen LogP contribution in [0.15, 0.2) is 65.6 Å². The SMILES string of the molecule is CCc1cc(-c2cc(NC(=O)/C=C/CN)ccc2Oc2ccc(F)cc2F)cn(C)c1=O. The first-order valence-electron chi connectivity index (χ1n) is 9.96. The van der Waals surface area contributed by atoms with Gasteiger partial charge in [0.1, 0.15) is 11.6 Å². The number of hydrogen-bond acceptors (Lipinski definition) is 4. The zero-order valence-corrected chi connectivity index (χ0v) is 17.7. The quantitative estimate of drug-likeness (QED) is 0.542. The van der Waals surface area contributed by atoms with Crippen LogP contribution in [0.2, 0.25) is 0 Å². The van der Waals surface area contributed by atoms with Gasteiger partial charge in [-0.15, -0.1) is 0 Å². The number of carbonyl (C=O) groups is 1. The predicted molar refractivity (Wildman–Crippen MR) is 120 cm³/mol. The van der Waals surface area contributed by atoms with Gasteiger partial charge in [-0.05, 0) is 42.8 Å². The molecule has 0 bridgehead atoms. The molecule has 0 saturated heterocycles. The lowest BCUT2D eigenvalue weighted by Gasteiger charge is -2.15. The van der Waals surface area contributed by atoms with Gasteiger partial charge in [0.25, 0.3) is 5.56 Å². The van der Waals surface area contributed by atoms with Gasteiger partial charge in [0.15, 0.2) is 11.6 Å². The summed E-state index contributed by atoms with van der Waals surface area (Å²) in [6.07, 6.45) is 4.99. The van der Waals surface area contributed by atoms with Crippen LogP contribution in [-0.2, 0) is 18.3 Å². The van der Waals surface area contributed by atoms with Gasteiger partial charge in [-0.25, -0.2) is 8.78 Å². The van der Waals surface area contributed by atoms with Crippen molar-refractivity contribution in [1.82, 2.24) is 4.57 Å². The van der Waals surface area contributed by atoms with Crippen molar-refractivity contribution in [3.8, 4) is 22.6 Å². The molecular weight excluding hydrogens is 416 g/mol. The average molecular weight is 439 g/mol. The largest absolute Gasteiger partial charge is 0.454 e. The van der Waals surface area contributed by atoms with E-state index in [9.17, 15) is 18.4 Å². The molecular formula is C24H23F2N3O3. The number of rotatable bonds is 7. The van der Waals surface area contributed by atoms with Crippen molar-refractivity contribution in [2.75, 3.05) is 11.9 Å². The summed E-state index contributed by atoms with van der Waals surface area (Å²) in [4.78, 5) is 24.4. The van der Waals surface area contributed by atoms with Crippen molar-refractivity contribution in [2.24, 2.45) is 12.8 Å². The van der Waals surface area contributed by atoms with E-state index in [1.807, 2.05) is 6.92 Å². The number of nitrogens with two attached hydrogens (primary N) is 1. The van der Waals surface area contributed by atoms with Crippen LogP contribution in [0.4, 0.5) is 14.5 Å². The van der Waals surface area contributed by atoms with E-state index in [0.717, 1.165) is 12.1 Å². The predicted octanol–water partition coefficient (Wildman–Crippen LogP) is 4.14. The summed E-state index contributed by atoms with van der Waals surface area (Å²) in [7, 11) is 1.63. The van der Waals surface area contributed by atoms with E-state index in [1.54, 1.807) is 37.5 Å². The Balaban J connectivity index is 2.10. The van der Waals surface area contributed by atoms with E-state index < -0.39 is 11.6 Å². The minimum absolute atomic E-state index is 0.125. The van der Waals surface area contributed by atoms with E-state index in [-0.39, 0.29) is 29.5 Å². The number of anilines is 1. The number of nitrogens with one attached hydrogen (secondary N) is 1. The Labute approximate surface area is 183 Å². The van der Waals surface area contributed by atoms with E-state index in [1.165, 1.54) is 22.8 Å². The fraction of sp³-hybridized carbons (Fsp3) is 0.167. The van der Waals surface area contributed by atoms with Crippen LogP contribution in [0.5, 0.6) is 11.5 Å². The highest BCUT2D eigenvalue weighted by molar-refractivity contribution is 5.99. The number of hydrogen-bond donors (Lipinski definition) is 2. The first-order valence-corrected chi connectivity index (χ1v) is 9.96. The minimum Gasteiger partial charge on any atom is -0.454 e. The molecule has 1 heterocycles. The van der Waals surface area contributed by atoms with Gasteiger partial charge < -0.3 is 20.4 Å². The second-order valence-electron chi connectivity index (χ2n) is 7.04. The molecule has 32 heavy (non-hydrogen) atoms. The first-order chi connectivity index (χ1) is 15.3. The number of ether oxygens (including phenoxy) is 1. The number of aromatic nitrogens is 1. The monoisotopic (exact) mass is 439 g/mol. The molecule has 1 aromatic heterocycles. The van der Waals surface area contributed by atoms with E-state index in [0.29, 0.717) is 28.8 Å². The molecule has 0 aliphatic heterocycles. The number of aryl methyl sites for hydroxylation is 2. The molecule has 0 radical (unpaired) electrons. The summed E-state index contributed by atoms with van der Waals surface area (Å²) in [5.74, 6) is -1.82. The van der Waals surface area contributed by atoms with Gasteiger partial charge >= 0.3 is 0 Å². The van der Waals surface area contributed by atoms with Gasteiger partial charge in [-0.3, -0.25) is 9.59 Å². The van der Waals surface area contributed by atoms with E-state index in [4.69, 9.17) is 10.5 Å². The van der Waals surface area contributed by atoms with Crippen LogP contribution in [-0.4, -0.2) is 17.0 Å². The molecule has 0 atom stereocenters. The Morgan fingerprint density at radius 2 is 1.91 bits per heavy atom. The molecule has 3 N–H and O–H groups in total. The smallest absolute Gasteiger partial charge is 0.253 e. The van der Waals surface area contributed by atoms with Crippen LogP contribution < -0.4 is 21.3 Å². The van der Waals surface area contributed by atoms with Crippen LogP contribution in [0.25, 0.3) is 11.1 Å². The summed E-state index contributed by atoms with van der Waals surface area (Å²) in [6, 6.07) is 9.57. The number of benzene rings is 2. The Bertz CT molecular complexity index is 1240. The van der Waals surface area contributed by atoms with Crippen molar-refractivity contribution < 1.29 is 18.3 Å². The van der Waals surface area contributed by atoms with E-state index >= 15 is 0 Å². The molecule has 0 saturated carbocycles. The molecule has 0 spiro atoms. The molecule has 0 unspecified atom stereocenters. The molecule has 3 aromatic rings. The second-order valence-corrected chi connectivity index (χ2v) is 7.04. The van der Waals surface area contributed by atoms with Gasteiger partial charge in [-0.2, -0.15) is 0 Å². The highest BCUT2D eigenvalue weighted by Crippen LogP contribution is 2.36. The molecule has 0 aliphatic carbocycles. The molecule has 166 valence electrons. The maximum atomic E-state index is 14.2. The molecule has 6 nitrogen and oxygen atoms in total. The van der Waals surface area contributed by atoms with Crippen molar-refractivity contribution in [2.45, 2.75) is 13.3 Å². The highest BCUT2D eigenvalue weighted by atomic mass is 19.1. The molecule has 3 rings (SSSR count). The fourth-order valence-electron chi connectivity index (χ4n) is 3.14. The molecule has 1 amide bonds. The normalized spacial score (nSPS) is 11.0. The Morgan fingerprint density at radius 1 is 1.16 bits per heavy atom. The zero-order valence-electron chi connectivity index (χ0n) is 17.7. The van der Waals surface area contributed by atoms with Gasteiger partial charge in [0.2, 0.25) is 5.91 Å². The first kappa shape index (κ1) is 22.9. The standard InChI is InChI=1S/C24H23F2N3O3/c1-3-15-11-16(14-29(2)24(15)31)19-13-18(28-23(30)5-4-10-27)7-9-21(19)32-22-8-6-17(25)12-20(22)26/h4-9,11-14H,3,10,27H2,1-2H3,(H,28,30)/b5-4+. The molecule has 0 aliphatic rings. The van der Waals surface area contributed by atoms with Crippen molar-refractivity contribution in [1.29, 1.82) is 0 Å². The Kier molecular flexibility index (Phi) is 7.17. The lowest BCUT2D eigenvalue weighted by molar-refractivity contribution is -0.111. The summed E-state index contributed by atoms with van der Waals surface area (Å²) >= 11 is 0. The maximum Gasteiger partial charge on any atom is 0.253 e. The lowest BCUT2D eigenvalue weighted by Crippen LogP contribution is -2.20. The summed E-state index contributed by atoms with van der Waals surface area (Å²) < 4.78 is 34.7. The lowest BCUT2D eigenvalue weighted by atomic mass is 10.0. The van der Waals surface area contributed by atoms with Crippen LogP contribution in [0, 0.1) is 11.6 Å². The molecule has 8 heteroatoms. The van der Waals surface area contributed by atoms with Crippen molar-refractivity contribution in [3.05, 3.63) is 88.4 Å². The summed E-state index contributed by atoms with van der Waals surface area (Å²) in [5, 5.41) is 2.72. The number of amides is 1. The second kappa shape index (κ2) is 10.0. The maximum absolute atomic E-state index is 14.2. The number of carbonyl (C=O) groups excluding carboxylic acids is 1. The van der Waals surface area contributed by atoms with Crippen LogP contribution in [0.3, 0.4) is 0 Å². The number of pyridine rings is 1. The Morgan fingerprint density at radius 3 is 2.59 bits per heavy atom. The van der Waals surface area contributed by atoms with Gasteiger partial charge in [-0.1, -0.05) is 13.0 Å². The van der Waals surface area contributed by atoms with Crippen LogP contribution >= 0.6 is 0 Å². The average Bonchev–Trinajstić information content (AvgIpc) is 2.77. The van der Waals surface area contributed by atoms with E-state index in [2.05, 4.69) is 5.32 Å². The third-order valence-corrected chi connectivity index (χ3v) is 4.72. The molecule has 2 aromatic carbocycles. The fourth-order valence-corrected chi connectivity index (χ4v) is 3.14. The number of nitrogens with zero attached hydrogens (tertiary/aromatic N) is 1. The molecule has 0 fully saturated rings. The van der Waals surface area contributed by atoms with Crippen molar-refractivity contribution >= 4 is 11.6 Å². The third kappa shape index (κ3) is 5.28. The Hall–Kier alpha value is -3.78. The minimum atomic E-state index is -0.852. The zero-order chi connectivity index (χ0) is 23.3. The van der Waals surface area contributed by atoms with Gasteiger partial charge in [0, 0.05) is 54.3 Å². The van der Waals surface area contributed by atoms with Crippen molar-refractivity contribution in [3.63, 3.8) is 0 Å². The van der Waals surface area contributed by atoms with Gasteiger partial charge in [0.05, 0.1) is 0 Å². The summed E-state index contributed by atoms with van der Waals surface area (Å²) in [5.41, 5.74) is 7.45. The number of halogens is 2.